The van der Waals surface area contributed by atoms with Gasteiger partial charge in [-0.05, 0) is 18.1 Å². The third-order valence-electron chi connectivity index (χ3n) is 2.78. The van der Waals surface area contributed by atoms with Gasteiger partial charge >= 0.3 is 0 Å². The van der Waals surface area contributed by atoms with Crippen molar-refractivity contribution in [1.82, 2.24) is 15.0 Å². The van der Waals surface area contributed by atoms with Crippen LogP contribution in [0.1, 0.15) is 23.9 Å². The van der Waals surface area contributed by atoms with Crippen molar-refractivity contribution in [2.75, 3.05) is 0 Å². The number of nitriles is 1. The van der Waals surface area contributed by atoms with Crippen LogP contribution in [0.3, 0.4) is 0 Å². The molecule has 0 spiro atoms. The molecular weight excluding hydrogens is 248 g/mol. The van der Waals surface area contributed by atoms with Gasteiger partial charge < -0.3 is 0 Å². The van der Waals surface area contributed by atoms with Gasteiger partial charge in [0.25, 0.3) is 0 Å². The van der Waals surface area contributed by atoms with E-state index in [2.05, 4.69) is 16.4 Å². The van der Waals surface area contributed by atoms with Crippen molar-refractivity contribution in [3.63, 3.8) is 0 Å². The lowest BCUT2D eigenvalue weighted by molar-refractivity contribution is 0.622. The minimum Gasteiger partial charge on any atom is -0.245 e. The average Bonchev–Trinajstić information content (AvgIpc) is 2.75. The third kappa shape index (κ3) is 2.52. The van der Waals surface area contributed by atoms with E-state index in [1.165, 1.54) is 0 Å². The highest BCUT2D eigenvalue weighted by atomic mass is 35.5. The lowest BCUT2D eigenvalue weighted by atomic mass is 10.2. The number of hydrogen-bond donors (Lipinski definition) is 0. The van der Waals surface area contributed by atoms with Crippen molar-refractivity contribution in [2.24, 2.45) is 0 Å². The van der Waals surface area contributed by atoms with Crippen LogP contribution in [0, 0.1) is 11.3 Å². The number of rotatable bonds is 4. The Bertz CT molecular complexity index is 583. The Labute approximate surface area is 111 Å². The van der Waals surface area contributed by atoms with Crippen LogP contribution in [0.15, 0.2) is 24.3 Å². The van der Waals surface area contributed by atoms with Crippen LogP contribution in [0.5, 0.6) is 0 Å². The topological polar surface area (TPSA) is 54.5 Å². The highest BCUT2D eigenvalue weighted by molar-refractivity contribution is 6.31. The van der Waals surface area contributed by atoms with E-state index < -0.39 is 0 Å². The van der Waals surface area contributed by atoms with Crippen molar-refractivity contribution in [3.05, 3.63) is 46.2 Å². The number of aromatic nitrogens is 3. The minimum absolute atomic E-state index is 0.297. The molecule has 92 valence electrons. The Morgan fingerprint density at radius 3 is 2.83 bits per heavy atom. The van der Waals surface area contributed by atoms with Crippen LogP contribution < -0.4 is 0 Å². The summed E-state index contributed by atoms with van der Waals surface area (Å²) in [6, 6.07) is 9.77. The SMILES string of the molecule is CCc1c(CC#N)nnn1Cc1ccccc1Cl. The lowest BCUT2D eigenvalue weighted by Gasteiger charge is -2.07. The van der Waals surface area contributed by atoms with Gasteiger partial charge in [-0.2, -0.15) is 5.26 Å². The molecule has 0 saturated heterocycles. The molecule has 0 N–H and O–H groups in total. The molecule has 5 heteroatoms. The van der Waals surface area contributed by atoms with Crippen molar-refractivity contribution in [3.8, 4) is 6.07 Å². The number of nitrogens with zero attached hydrogens (tertiary/aromatic N) is 4. The second-order valence-corrected chi connectivity index (χ2v) is 4.33. The van der Waals surface area contributed by atoms with Crippen molar-refractivity contribution < 1.29 is 0 Å². The molecular formula is C13H13ClN4. The molecule has 0 amide bonds. The number of halogens is 1. The zero-order valence-corrected chi connectivity index (χ0v) is 10.9. The molecule has 0 aliphatic heterocycles. The van der Waals surface area contributed by atoms with E-state index in [1.54, 1.807) is 0 Å². The third-order valence-corrected chi connectivity index (χ3v) is 3.15. The lowest BCUT2D eigenvalue weighted by Crippen LogP contribution is -2.07. The molecule has 2 rings (SSSR count). The quantitative estimate of drug-likeness (QED) is 0.849. The molecule has 0 saturated carbocycles. The van der Waals surface area contributed by atoms with E-state index in [0.717, 1.165) is 28.4 Å². The molecule has 1 aromatic carbocycles. The van der Waals surface area contributed by atoms with Gasteiger partial charge in [0.05, 0.1) is 30.4 Å². The highest BCUT2D eigenvalue weighted by Gasteiger charge is 2.11. The molecule has 0 atom stereocenters. The van der Waals surface area contributed by atoms with Gasteiger partial charge in [0.2, 0.25) is 0 Å². The first kappa shape index (κ1) is 12.6. The van der Waals surface area contributed by atoms with E-state index in [4.69, 9.17) is 16.9 Å². The minimum atomic E-state index is 0.297. The first-order valence-corrected chi connectivity index (χ1v) is 6.15. The maximum absolute atomic E-state index is 8.73. The molecule has 1 aromatic heterocycles. The van der Waals surface area contributed by atoms with Gasteiger partial charge in [0.15, 0.2) is 0 Å². The predicted molar refractivity (Wildman–Crippen MR) is 69.3 cm³/mol. The fraction of sp³-hybridized carbons (Fsp3) is 0.308. The predicted octanol–water partition coefficient (Wildman–Crippen LogP) is 2.61. The van der Waals surface area contributed by atoms with E-state index >= 15 is 0 Å². The van der Waals surface area contributed by atoms with Crippen LogP contribution in [0.4, 0.5) is 0 Å². The fourth-order valence-electron chi connectivity index (χ4n) is 1.88. The Kier molecular flexibility index (Phi) is 3.96. The Morgan fingerprint density at radius 2 is 2.17 bits per heavy atom. The normalized spacial score (nSPS) is 10.3. The summed E-state index contributed by atoms with van der Waals surface area (Å²) in [6.45, 7) is 2.62. The molecule has 18 heavy (non-hydrogen) atoms. The zero-order valence-electron chi connectivity index (χ0n) is 10.1. The summed E-state index contributed by atoms with van der Waals surface area (Å²) in [5, 5.41) is 17.6. The van der Waals surface area contributed by atoms with Crippen molar-refractivity contribution in [2.45, 2.75) is 26.3 Å². The first-order chi connectivity index (χ1) is 8.76. The number of hydrogen-bond acceptors (Lipinski definition) is 3. The average molecular weight is 261 g/mol. The summed E-state index contributed by atoms with van der Waals surface area (Å²) in [7, 11) is 0. The van der Waals surface area contributed by atoms with Crippen LogP contribution in [-0.2, 0) is 19.4 Å². The van der Waals surface area contributed by atoms with Crippen LogP contribution in [0.25, 0.3) is 0 Å². The van der Waals surface area contributed by atoms with Crippen LogP contribution in [0.2, 0.25) is 5.02 Å². The smallest absolute Gasteiger partial charge is 0.0999 e. The standard InChI is InChI=1S/C13H13ClN4/c1-2-13-12(7-8-15)16-17-18(13)9-10-5-3-4-6-11(10)14/h3-6H,2,7,9H2,1H3. The first-order valence-electron chi connectivity index (χ1n) is 5.77. The van der Waals surface area contributed by atoms with Gasteiger partial charge in [0, 0.05) is 5.02 Å². The molecule has 0 radical (unpaired) electrons. The monoisotopic (exact) mass is 260 g/mol. The second-order valence-electron chi connectivity index (χ2n) is 3.92. The summed E-state index contributed by atoms with van der Waals surface area (Å²) in [5.41, 5.74) is 2.76. The summed E-state index contributed by atoms with van der Waals surface area (Å²) < 4.78 is 1.81. The van der Waals surface area contributed by atoms with Gasteiger partial charge in [-0.3, -0.25) is 0 Å². The summed E-state index contributed by atoms with van der Waals surface area (Å²) in [5.74, 6) is 0. The number of benzene rings is 1. The van der Waals surface area contributed by atoms with E-state index in [-0.39, 0.29) is 0 Å². The van der Waals surface area contributed by atoms with Gasteiger partial charge in [0.1, 0.15) is 0 Å². The molecule has 4 nitrogen and oxygen atoms in total. The summed E-state index contributed by atoms with van der Waals surface area (Å²) in [4.78, 5) is 0. The Morgan fingerprint density at radius 1 is 1.39 bits per heavy atom. The molecule has 2 aromatic rings. The molecule has 0 fully saturated rings. The molecule has 0 bridgehead atoms. The van der Waals surface area contributed by atoms with E-state index in [9.17, 15) is 0 Å². The zero-order chi connectivity index (χ0) is 13.0. The van der Waals surface area contributed by atoms with Crippen molar-refractivity contribution in [1.29, 1.82) is 5.26 Å². The van der Waals surface area contributed by atoms with Gasteiger partial charge in [-0.1, -0.05) is 41.9 Å². The molecule has 0 unspecified atom stereocenters. The Balaban J connectivity index is 2.30. The molecule has 0 aliphatic carbocycles. The van der Waals surface area contributed by atoms with Crippen LogP contribution >= 0.6 is 11.6 Å². The van der Waals surface area contributed by atoms with Crippen LogP contribution in [-0.4, -0.2) is 15.0 Å². The molecule has 1 heterocycles. The Hall–Kier alpha value is -1.86. The fourth-order valence-corrected chi connectivity index (χ4v) is 2.08. The maximum Gasteiger partial charge on any atom is 0.0999 e. The van der Waals surface area contributed by atoms with E-state index in [0.29, 0.717) is 13.0 Å². The largest absolute Gasteiger partial charge is 0.245 e. The summed E-state index contributed by atoms with van der Waals surface area (Å²) in [6.07, 6.45) is 1.10. The van der Waals surface area contributed by atoms with Gasteiger partial charge in [-0.15, -0.1) is 5.10 Å². The highest BCUT2D eigenvalue weighted by Crippen LogP contribution is 2.17. The second kappa shape index (κ2) is 5.65. The van der Waals surface area contributed by atoms with E-state index in [1.807, 2.05) is 35.9 Å². The van der Waals surface area contributed by atoms with Gasteiger partial charge in [-0.25, -0.2) is 4.68 Å². The maximum atomic E-state index is 8.73. The van der Waals surface area contributed by atoms with Crippen molar-refractivity contribution >= 4 is 11.6 Å². The summed E-state index contributed by atoms with van der Waals surface area (Å²) >= 11 is 6.12. The molecule has 0 aliphatic rings.